The predicted octanol–water partition coefficient (Wildman–Crippen LogP) is 1.42. The highest BCUT2D eigenvalue weighted by Gasteiger charge is 2.21. The largest absolute Gasteiger partial charge is 0.469 e. The Bertz CT molecular complexity index is 854. The molecule has 1 heterocycles. The van der Waals surface area contributed by atoms with Crippen LogP contribution in [0.5, 0.6) is 0 Å². The first-order chi connectivity index (χ1) is 11.2. The molecule has 2 aromatic rings. The Morgan fingerprint density at radius 3 is 2.33 bits per heavy atom. The van der Waals surface area contributed by atoms with Crippen molar-refractivity contribution in [1.29, 1.82) is 0 Å². The summed E-state index contributed by atoms with van der Waals surface area (Å²) in [6.45, 7) is 3.02. The van der Waals surface area contributed by atoms with Crippen molar-refractivity contribution >= 4 is 27.6 Å². The molecule has 128 valence electrons. The predicted molar refractivity (Wildman–Crippen MR) is 84.8 cm³/mol. The zero-order chi connectivity index (χ0) is 17.9. The van der Waals surface area contributed by atoms with Crippen molar-refractivity contribution in [2.24, 2.45) is 5.14 Å². The molecule has 0 radical (unpaired) electrons. The average molecular weight is 352 g/mol. The number of rotatable bonds is 5. The van der Waals surface area contributed by atoms with E-state index in [0.717, 1.165) is 0 Å². The third-order valence-electron chi connectivity index (χ3n) is 3.18. The number of carbonyl (C=O) groups excluding carboxylic acids is 2. The summed E-state index contributed by atoms with van der Waals surface area (Å²) in [7, 11) is -3.80. The van der Waals surface area contributed by atoms with Gasteiger partial charge in [0, 0.05) is 5.69 Å². The lowest BCUT2D eigenvalue weighted by Gasteiger charge is -2.13. The Morgan fingerprint density at radius 2 is 1.83 bits per heavy atom. The fourth-order valence-electron chi connectivity index (χ4n) is 1.85. The fourth-order valence-corrected chi connectivity index (χ4v) is 2.36. The van der Waals surface area contributed by atoms with Crippen LogP contribution in [0.25, 0.3) is 0 Å². The van der Waals surface area contributed by atoms with Gasteiger partial charge in [0.25, 0.3) is 5.91 Å². The molecule has 0 fully saturated rings. The number of sulfonamides is 1. The summed E-state index contributed by atoms with van der Waals surface area (Å²) in [6.07, 6.45) is 0.300. The number of anilines is 1. The second-order valence-corrected chi connectivity index (χ2v) is 6.56. The van der Waals surface area contributed by atoms with Gasteiger partial charge in [0.05, 0.1) is 11.2 Å². The molecule has 0 aliphatic heterocycles. The number of nitrogens with one attached hydrogen (secondary N) is 1. The number of hydrogen-bond donors (Lipinski definition) is 2. The molecule has 3 N–H and O–H groups in total. The molecule has 1 atom stereocenters. The van der Waals surface area contributed by atoms with E-state index in [9.17, 15) is 18.0 Å². The van der Waals surface area contributed by atoms with E-state index in [-0.39, 0.29) is 10.5 Å². The van der Waals surface area contributed by atoms with Gasteiger partial charge in [-0.3, -0.25) is 4.79 Å². The molecule has 8 nitrogen and oxygen atoms in total. The average Bonchev–Trinajstić information content (AvgIpc) is 2.93. The summed E-state index contributed by atoms with van der Waals surface area (Å²) >= 11 is 0. The summed E-state index contributed by atoms with van der Waals surface area (Å²) in [6, 6.07) is 6.74. The van der Waals surface area contributed by atoms with E-state index in [1.54, 1.807) is 6.92 Å². The lowest BCUT2D eigenvalue weighted by atomic mass is 10.2. The maximum atomic E-state index is 12.0. The van der Waals surface area contributed by atoms with Crippen molar-refractivity contribution in [3.63, 3.8) is 0 Å². The normalized spacial score (nSPS) is 12.5. The quantitative estimate of drug-likeness (QED) is 0.783. The SMILES string of the molecule is Cc1occc1C(=O)O[C@H](C)C(=O)Nc1ccc(S(N)(=O)=O)cc1. The topological polar surface area (TPSA) is 129 Å². The molecule has 9 heteroatoms. The highest BCUT2D eigenvalue weighted by atomic mass is 32.2. The van der Waals surface area contributed by atoms with Crippen molar-refractivity contribution in [2.45, 2.75) is 24.8 Å². The van der Waals surface area contributed by atoms with Crippen molar-refractivity contribution in [3.05, 3.63) is 47.9 Å². The molecule has 0 aliphatic rings. The van der Waals surface area contributed by atoms with Gasteiger partial charge in [-0.2, -0.15) is 0 Å². The van der Waals surface area contributed by atoms with Crippen LogP contribution in [0.2, 0.25) is 0 Å². The van der Waals surface area contributed by atoms with Gasteiger partial charge >= 0.3 is 5.97 Å². The van der Waals surface area contributed by atoms with Crippen LogP contribution in [0.3, 0.4) is 0 Å². The molecule has 1 aromatic heterocycles. The monoisotopic (exact) mass is 352 g/mol. The molecular formula is C15H16N2O6S. The van der Waals surface area contributed by atoms with Gasteiger partial charge in [-0.15, -0.1) is 0 Å². The van der Waals surface area contributed by atoms with Crippen LogP contribution in [0.15, 0.2) is 45.9 Å². The van der Waals surface area contributed by atoms with E-state index < -0.39 is 28.0 Å². The maximum Gasteiger partial charge on any atom is 0.342 e. The van der Waals surface area contributed by atoms with Crippen LogP contribution in [0.4, 0.5) is 5.69 Å². The summed E-state index contributed by atoms with van der Waals surface area (Å²) in [4.78, 5) is 23.9. The third kappa shape index (κ3) is 4.21. The molecule has 0 unspecified atom stereocenters. The first-order valence-electron chi connectivity index (χ1n) is 6.87. The molecule has 24 heavy (non-hydrogen) atoms. The van der Waals surface area contributed by atoms with E-state index in [2.05, 4.69) is 5.32 Å². The molecule has 0 aliphatic carbocycles. The van der Waals surface area contributed by atoms with Crippen molar-refractivity contribution in [3.8, 4) is 0 Å². The molecule has 2 rings (SSSR count). The number of nitrogens with two attached hydrogens (primary N) is 1. The first kappa shape index (κ1) is 17.7. The molecular weight excluding hydrogens is 336 g/mol. The number of ether oxygens (including phenoxy) is 1. The molecule has 0 saturated heterocycles. The highest BCUT2D eigenvalue weighted by molar-refractivity contribution is 7.89. The minimum Gasteiger partial charge on any atom is -0.469 e. The van der Waals surface area contributed by atoms with Crippen LogP contribution in [0.1, 0.15) is 23.0 Å². The fraction of sp³-hybridized carbons (Fsp3) is 0.200. The Morgan fingerprint density at radius 1 is 1.21 bits per heavy atom. The molecule has 0 saturated carbocycles. The van der Waals surface area contributed by atoms with Crippen LogP contribution in [-0.2, 0) is 19.6 Å². The van der Waals surface area contributed by atoms with Crippen molar-refractivity contribution in [1.82, 2.24) is 0 Å². The second kappa shape index (κ2) is 6.85. The molecule has 0 bridgehead atoms. The number of aryl methyl sites for hydroxylation is 1. The Balaban J connectivity index is 1.99. The van der Waals surface area contributed by atoms with E-state index in [0.29, 0.717) is 11.4 Å². The van der Waals surface area contributed by atoms with E-state index in [4.69, 9.17) is 14.3 Å². The Kier molecular flexibility index (Phi) is 5.05. The number of furan rings is 1. The van der Waals surface area contributed by atoms with Crippen LogP contribution >= 0.6 is 0 Å². The van der Waals surface area contributed by atoms with Gasteiger partial charge in [0.15, 0.2) is 6.10 Å². The van der Waals surface area contributed by atoms with E-state index >= 15 is 0 Å². The number of primary sulfonamides is 1. The molecule has 1 amide bonds. The highest BCUT2D eigenvalue weighted by Crippen LogP contribution is 2.15. The minimum atomic E-state index is -3.80. The Labute approximate surface area is 138 Å². The van der Waals surface area contributed by atoms with Gasteiger partial charge in [-0.1, -0.05) is 0 Å². The van der Waals surface area contributed by atoms with Gasteiger partial charge in [-0.05, 0) is 44.2 Å². The standard InChI is InChI=1S/C15H16N2O6S/c1-9-13(7-8-22-9)15(19)23-10(2)14(18)17-11-3-5-12(6-4-11)24(16,20)21/h3-8,10H,1-2H3,(H,17,18)(H2,16,20,21)/t10-/m1/s1. The maximum absolute atomic E-state index is 12.0. The van der Waals surface area contributed by atoms with Gasteiger partial charge < -0.3 is 14.5 Å². The van der Waals surface area contributed by atoms with Gasteiger partial charge in [-0.25, -0.2) is 18.4 Å². The third-order valence-corrected chi connectivity index (χ3v) is 4.11. The smallest absolute Gasteiger partial charge is 0.342 e. The van der Waals surface area contributed by atoms with Gasteiger partial charge in [0.1, 0.15) is 11.3 Å². The number of carbonyl (C=O) groups is 2. The summed E-state index contributed by atoms with van der Waals surface area (Å²) < 4.78 is 32.4. The van der Waals surface area contributed by atoms with Crippen molar-refractivity contribution < 1.29 is 27.2 Å². The van der Waals surface area contributed by atoms with Gasteiger partial charge in [0.2, 0.25) is 10.0 Å². The summed E-state index contributed by atoms with van der Waals surface area (Å²) in [5.41, 5.74) is 0.585. The minimum absolute atomic E-state index is 0.0737. The van der Waals surface area contributed by atoms with Crippen LogP contribution in [-0.4, -0.2) is 26.4 Å². The van der Waals surface area contributed by atoms with Crippen LogP contribution in [0, 0.1) is 6.92 Å². The summed E-state index contributed by atoms with van der Waals surface area (Å²) in [5.74, 6) is -0.840. The lowest BCUT2D eigenvalue weighted by molar-refractivity contribution is -0.123. The van der Waals surface area contributed by atoms with Crippen molar-refractivity contribution in [2.75, 3.05) is 5.32 Å². The first-order valence-corrected chi connectivity index (χ1v) is 8.42. The van der Waals surface area contributed by atoms with E-state index in [1.807, 2.05) is 0 Å². The lowest BCUT2D eigenvalue weighted by Crippen LogP contribution is -2.30. The Hall–Kier alpha value is -2.65. The van der Waals surface area contributed by atoms with E-state index in [1.165, 1.54) is 43.5 Å². The van der Waals surface area contributed by atoms with Crippen LogP contribution < -0.4 is 10.5 Å². The summed E-state index contributed by atoms with van der Waals surface area (Å²) in [5, 5.41) is 7.50. The molecule has 1 aromatic carbocycles. The second-order valence-electron chi connectivity index (χ2n) is 5.00. The number of benzene rings is 1. The molecule has 0 spiro atoms. The zero-order valence-corrected chi connectivity index (χ0v) is 13.8. The number of amides is 1. The number of hydrogen-bond acceptors (Lipinski definition) is 6. The zero-order valence-electron chi connectivity index (χ0n) is 13.0. The number of esters is 1.